The van der Waals surface area contributed by atoms with Gasteiger partial charge in [-0.15, -0.1) is 0 Å². The molecule has 0 aromatic heterocycles. The van der Waals surface area contributed by atoms with Crippen molar-refractivity contribution in [1.29, 1.82) is 0 Å². The molecular formula is C14H19BrN2O3S. The Morgan fingerprint density at radius 3 is 2.52 bits per heavy atom. The molecule has 0 unspecified atom stereocenters. The number of nitrogens with two attached hydrogens (primary N) is 1. The van der Waals surface area contributed by atoms with E-state index in [2.05, 4.69) is 28.2 Å². The van der Waals surface area contributed by atoms with Gasteiger partial charge >= 0.3 is 0 Å². The summed E-state index contributed by atoms with van der Waals surface area (Å²) in [6, 6.07) is 3.03. The van der Waals surface area contributed by atoms with Gasteiger partial charge in [-0.25, -0.2) is 13.6 Å². The minimum atomic E-state index is -3.86. The zero-order valence-electron chi connectivity index (χ0n) is 12.1. The number of amides is 1. The second-order valence-electron chi connectivity index (χ2n) is 5.66. The summed E-state index contributed by atoms with van der Waals surface area (Å²) in [4.78, 5) is 12.3. The van der Waals surface area contributed by atoms with Gasteiger partial charge in [0.1, 0.15) is 0 Å². The zero-order valence-corrected chi connectivity index (χ0v) is 14.5. The lowest BCUT2D eigenvalue weighted by Crippen LogP contribution is -2.31. The van der Waals surface area contributed by atoms with Crippen molar-refractivity contribution in [3.63, 3.8) is 0 Å². The Kier molecular flexibility index (Phi) is 4.46. The summed E-state index contributed by atoms with van der Waals surface area (Å²) in [5.74, 6) is -0.265. The number of sulfonamides is 1. The molecule has 116 valence electrons. The molecule has 0 bridgehead atoms. The first-order chi connectivity index (χ1) is 9.68. The van der Waals surface area contributed by atoms with Crippen molar-refractivity contribution in [3.8, 4) is 0 Å². The lowest BCUT2D eigenvalue weighted by Gasteiger charge is -2.15. The average Bonchev–Trinajstić information content (AvgIpc) is 3.17. The number of carbonyl (C=O) groups excluding carboxylic acids is 1. The summed E-state index contributed by atoms with van der Waals surface area (Å²) < 4.78 is 23.7. The minimum Gasteiger partial charge on any atom is -0.351 e. The summed E-state index contributed by atoms with van der Waals surface area (Å²) in [5, 5.41) is 8.09. The lowest BCUT2D eigenvalue weighted by atomic mass is 10.0. The Bertz CT molecular complexity index is 682. The van der Waals surface area contributed by atoms with Crippen molar-refractivity contribution in [2.45, 2.75) is 38.0 Å². The van der Waals surface area contributed by atoms with Gasteiger partial charge in [0.2, 0.25) is 10.0 Å². The molecule has 1 aromatic rings. The maximum atomic E-state index is 12.3. The largest absolute Gasteiger partial charge is 0.351 e. The summed E-state index contributed by atoms with van der Waals surface area (Å²) >= 11 is 3.22. The fourth-order valence-corrected chi connectivity index (χ4v) is 3.82. The third-order valence-corrected chi connectivity index (χ3v) is 5.70. The van der Waals surface area contributed by atoms with Crippen molar-refractivity contribution in [2.24, 2.45) is 10.6 Å². The van der Waals surface area contributed by atoms with E-state index in [4.69, 9.17) is 5.14 Å². The summed E-state index contributed by atoms with van der Waals surface area (Å²) in [6.45, 7) is 4.33. The van der Waals surface area contributed by atoms with E-state index in [0.29, 0.717) is 22.1 Å². The molecule has 1 saturated carbocycles. The predicted octanol–water partition coefficient (Wildman–Crippen LogP) is 2.32. The number of rotatable bonds is 5. The Labute approximate surface area is 133 Å². The normalized spacial score (nSPS) is 16.6. The second-order valence-corrected chi connectivity index (χ2v) is 8.10. The number of nitrogens with one attached hydrogen (secondary N) is 1. The van der Waals surface area contributed by atoms with Crippen molar-refractivity contribution >= 4 is 31.9 Å². The van der Waals surface area contributed by atoms with E-state index in [1.165, 1.54) is 6.07 Å². The van der Waals surface area contributed by atoms with Crippen LogP contribution in [0, 0.1) is 12.3 Å². The van der Waals surface area contributed by atoms with Crippen LogP contribution >= 0.6 is 15.9 Å². The highest BCUT2D eigenvalue weighted by Gasteiger charge is 2.40. The van der Waals surface area contributed by atoms with Crippen LogP contribution < -0.4 is 10.5 Å². The van der Waals surface area contributed by atoms with Gasteiger partial charge in [0.25, 0.3) is 5.91 Å². The fraction of sp³-hybridized carbons (Fsp3) is 0.500. The van der Waals surface area contributed by atoms with E-state index in [9.17, 15) is 13.2 Å². The van der Waals surface area contributed by atoms with E-state index in [-0.39, 0.29) is 16.2 Å². The number of hydrogen-bond acceptors (Lipinski definition) is 3. The van der Waals surface area contributed by atoms with E-state index in [0.717, 1.165) is 19.3 Å². The van der Waals surface area contributed by atoms with Crippen LogP contribution in [0.25, 0.3) is 0 Å². The van der Waals surface area contributed by atoms with Crippen LogP contribution in [0.2, 0.25) is 0 Å². The number of hydrogen-bond donors (Lipinski definition) is 2. The summed E-state index contributed by atoms with van der Waals surface area (Å²) in [6.07, 6.45) is 3.29. The molecule has 1 aliphatic rings. The van der Waals surface area contributed by atoms with Gasteiger partial charge in [-0.2, -0.15) is 0 Å². The highest BCUT2D eigenvalue weighted by atomic mass is 79.9. The van der Waals surface area contributed by atoms with E-state index in [1.54, 1.807) is 13.0 Å². The number of halogens is 1. The lowest BCUT2D eigenvalue weighted by molar-refractivity contribution is 0.0943. The number of benzene rings is 1. The van der Waals surface area contributed by atoms with E-state index in [1.807, 2.05) is 0 Å². The van der Waals surface area contributed by atoms with Gasteiger partial charge < -0.3 is 5.32 Å². The van der Waals surface area contributed by atoms with Crippen molar-refractivity contribution < 1.29 is 13.2 Å². The third-order valence-electron chi connectivity index (χ3n) is 4.21. The Morgan fingerprint density at radius 2 is 2.05 bits per heavy atom. The van der Waals surface area contributed by atoms with Gasteiger partial charge in [-0.05, 0) is 49.3 Å². The first kappa shape index (κ1) is 16.5. The molecule has 21 heavy (non-hydrogen) atoms. The second kappa shape index (κ2) is 5.70. The third kappa shape index (κ3) is 3.64. The van der Waals surface area contributed by atoms with Crippen LogP contribution in [0.3, 0.4) is 0 Å². The van der Waals surface area contributed by atoms with Crippen molar-refractivity contribution in [1.82, 2.24) is 5.32 Å². The van der Waals surface area contributed by atoms with Crippen LogP contribution in [0.4, 0.5) is 0 Å². The zero-order chi connectivity index (χ0) is 15.8. The van der Waals surface area contributed by atoms with Crippen LogP contribution in [0.15, 0.2) is 21.5 Å². The maximum Gasteiger partial charge on any atom is 0.251 e. The summed E-state index contributed by atoms with van der Waals surface area (Å²) in [7, 11) is -3.86. The molecule has 0 radical (unpaired) electrons. The Hall–Kier alpha value is -0.920. The molecule has 0 spiro atoms. The summed E-state index contributed by atoms with van der Waals surface area (Å²) in [5.41, 5.74) is 0.943. The van der Waals surface area contributed by atoms with E-state index < -0.39 is 10.0 Å². The van der Waals surface area contributed by atoms with Gasteiger partial charge in [0.15, 0.2) is 0 Å². The van der Waals surface area contributed by atoms with Crippen molar-refractivity contribution in [2.75, 3.05) is 6.54 Å². The van der Waals surface area contributed by atoms with Crippen LogP contribution in [-0.4, -0.2) is 20.9 Å². The predicted molar refractivity (Wildman–Crippen MR) is 84.5 cm³/mol. The van der Waals surface area contributed by atoms with Gasteiger partial charge in [0.05, 0.1) is 4.90 Å². The number of carbonyl (C=O) groups is 1. The molecule has 1 fully saturated rings. The average molecular weight is 375 g/mol. The molecule has 0 saturated heterocycles. The number of primary sulfonamides is 1. The molecule has 5 nitrogen and oxygen atoms in total. The van der Waals surface area contributed by atoms with Gasteiger partial charge in [0, 0.05) is 16.6 Å². The van der Waals surface area contributed by atoms with Crippen LogP contribution in [-0.2, 0) is 10.0 Å². The van der Waals surface area contributed by atoms with Crippen LogP contribution in [0.5, 0.6) is 0 Å². The molecule has 0 aliphatic heterocycles. The highest BCUT2D eigenvalue weighted by Crippen LogP contribution is 2.47. The van der Waals surface area contributed by atoms with Gasteiger partial charge in [-0.1, -0.05) is 22.9 Å². The SMILES string of the molecule is CCC1(CNC(=O)c2cc(Br)cc(S(N)(=O)=O)c2C)CC1. The fourth-order valence-electron chi connectivity index (χ4n) is 2.38. The monoisotopic (exact) mass is 374 g/mol. The van der Waals surface area contributed by atoms with Crippen molar-refractivity contribution in [3.05, 3.63) is 27.7 Å². The minimum absolute atomic E-state index is 0.0290. The Balaban J connectivity index is 2.27. The van der Waals surface area contributed by atoms with E-state index >= 15 is 0 Å². The molecule has 3 N–H and O–H groups in total. The molecular weight excluding hydrogens is 356 g/mol. The topological polar surface area (TPSA) is 89.3 Å². The smallest absolute Gasteiger partial charge is 0.251 e. The standard InChI is InChI=1S/C14H19BrN2O3S/c1-3-14(4-5-14)8-17-13(18)11-6-10(15)7-12(9(11)2)21(16,19)20/h6-7H,3-5,8H2,1-2H3,(H,17,18)(H2,16,19,20). The molecule has 1 aliphatic carbocycles. The molecule has 1 aromatic carbocycles. The molecule has 0 atom stereocenters. The first-order valence-electron chi connectivity index (χ1n) is 6.80. The molecule has 7 heteroatoms. The van der Waals surface area contributed by atoms with Crippen LogP contribution in [0.1, 0.15) is 42.1 Å². The maximum absolute atomic E-state index is 12.3. The Morgan fingerprint density at radius 1 is 1.43 bits per heavy atom. The molecule has 1 amide bonds. The highest BCUT2D eigenvalue weighted by molar-refractivity contribution is 9.10. The molecule has 2 rings (SSSR count). The first-order valence-corrected chi connectivity index (χ1v) is 9.14. The molecule has 0 heterocycles. The van der Waals surface area contributed by atoms with Gasteiger partial charge in [-0.3, -0.25) is 4.79 Å². The quantitative estimate of drug-likeness (QED) is 0.828.